The predicted octanol–water partition coefficient (Wildman–Crippen LogP) is 0.221. The largest absolute Gasteiger partial charge is 0.336 e. The van der Waals surface area contributed by atoms with Crippen LogP contribution in [0.5, 0.6) is 0 Å². The number of para-hydroxylation sites is 1. The summed E-state index contributed by atoms with van der Waals surface area (Å²) in [4.78, 5) is 29.4. The Hall–Kier alpha value is -2.67. The van der Waals surface area contributed by atoms with E-state index in [-0.39, 0.29) is 11.5 Å². The van der Waals surface area contributed by atoms with Crippen LogP contribution < -0.4 is 10.9 Å². The van der Waals surface area contributed by atoms with E-state index in [0.717, 1.165) is 13.1 Å². The minimum Gasteiger partial charge on any atom is -0.336 e. The number of carbonyl (C=O) groups is 1. The fourth-order valence-electron chi connectivity index (χ4n) is 2.87. The third kappa shape index (κ3) is 1.90. The predicted molar refractivity (Wildman–Crippen MR) is 82.1 cm³/mol. The van der Waals surface area contributed by atoms with Crippen LogP contribution in [0.4, 0.5) is 0 Å². The molecule has 0 saturated carbocycles. The minimum atomic E-state index is -0.210. The first-order valence-electron chi connectivity index (χ1n) is 7.24. The van der Waals surface area contributed by atoms with E-state index in [0.29, 0.717) is 35.2 Å². The van der Waals surface area contributed by atoms with Gasteiger partial charge >= 0.3 is 0 Å². The SMILES string of the molecule is O=C(c1cnn2c1[nH]c(=O)c1ccccc12)N1CCNCC1. The average Bonchev–Trinajstić information content (AvgIpc) is 2.99. The minimum absolute atomic E-state index is 0.0950. The number of piperazine rings is 1. The molecule has 112 valence electrons. The van der Waals surface area contributed by atoms with Crippen molar-refractivity contribution in [2.24, 2.45) is 0 Å². The first-order valence-corrected chi connectivity index (χ1v) is 7.24. The van der Waals surface area contributed by atoms with Crippen LogP contribution in [0.1, 0.15) is 10.4 Å². The zero-order valence-electron chi connectivity index (χ0n) is 11.9. The molecule has 0 radical (unpaired) electrons. The van der Waals surface area contributed by atoms with Crippen LogP contribution in [0.3, 0.4) is 0 Å². The van der Waals surface area contributed by atoms with Crippen LogP contribution in [-0.4, -0.2) is 51.6 Å². The highest BCUT2D eigenvalue weighted by atomic mass is 16.2. The lowest BCUT2D eigenvalue weighted by Gasteiger charge is -2.26. The van der Waals surface area contributed by atoms with Gasteiger partial charge in [0.2, 0.25) is 0 Å². The highest BCUT2D eigenvalue weighted by molar-refractivity contribution is 6.00. The standard InChI is InChI=1S/C15H15N5O2/c21-14-10-3-1-2-4-12(10)20-13(18-14)11(9-17-20)15(22)19-7-5-16-6-8-19/h1-4,9,16H,5-8H2,(H,18,21). The molecule has 1 amide bonds. The Labute approximate surface area is 125 Å². The first kappa shape index (κ1) is 13.0. The second-order valence-corrected chi connectivity index (χ2v) is 5.33. The van der Waals surface area contributed by atoms with Crippen molar-refractivity contribution >= 4 is 22.5 Å². The molecule has 0 atom stereocenters. The molecule has 3 heterocycles. The summed E-state index contributed by atoms with van der Waals surface area (Å²) < 4.78 is 1.62. The van der Waals surface area contributed by atoms with Gasteiger partial charge in [0.1, 0.15) is 11.2 Å². The molecular formula is C15H15N5O2. The molecule has 0 aliphatic carbocycles. The Balaban J connectivity index is 1.89. The Kier molecular flexibility index (Phi) is 2.93. The summed E-state index contributed by atoms with van der Waals surface area (Å²) in [5.74, 6) is -0.0950. The monoisotopic (exact) mass is 297 g/mol. The Morgan fingerprint density at radius 1 is 1.18 bits per heavy atom. The maximum atomic E-state index is 12.6. The van der Waals surface area contributed by atoms with Crippen molar-refractivity contribution in [2.75, 3.05) is 26.2 Å². The van der Waals surface area contributed by atoms with Crippen molar-refractivity contribution in [1.29, 1.82) is 0 Å². The molecule has 1 aromatic carbocycles. The van der Waals surface area contributed by atoms with E-state index in [1.165, 1.54) is 6.20 Å². The van der Waals surface area contributed by atoms with Crippen molar-refractivity contribution in [2.45, 2.75) is 0 Å². The van der Waals surface area contributed by atoms with Crippen molar-refractivity contribution in [3.8, 4) is 0 Å². The smallest absolute Gasteiger partial charge is 0.259 e. The molecule has 1 saturated heterocycles. The van der Waals surface area contributed by atoms with Gasteiger partial charge in [-0.05, 0) is 12.1 Å². The van der Waals surface area contributed by atoms with Crippen molar-refractivity contribution in [1.82, 2.24) is 24.8 Å². The summed E-state index contributed by atoms with van der Waals surface area (Å²) in [5, 5.41) is 8.05. The maximum absolute atomic E-state index is 12.6. The van der Waals surface area contributed by atoms with Gasteiger partial charge in [0.15, 0.2) is 0 Å². The number of hydrogen-bond acceptors (Lipinski definition) is 4. The number of amides is 1. The van der Waals surface area contributed by atoms with Crippen LogP contribution >= 0.6 is 0 Å². The van der Waals surface area contributed by atoms with Gasteiger partial charge in [-0.2, -0.15) is 5.10 Å². The van der Waals surface area contributed by atoms with Crippen molar-refractivity contribution in [3.05, 3.63) is 46.4 Å². The van der Waals surface area contributed by atoms with Crippen LogP contribution in [0, 0.1) is 0 Å². The van der Waals surface area contributed by atoms with Crippen LogP contribution in [0.25, 0.3) is 16.6 Å². The molecule has 0 spiro atoms. The number of rotatable bonds is 1. The summed E-state index contributed by atoms with van der Waals surface area (Å²) >= 11 is 0. The topological polar surface area (TPSA) is 82.5 Å². The Morgan fingerprint density at radius 2 is 1.95 bits per heavy atom. The fraction of sp³-hybridized carbons (Fsp3) is 0.267. The summed E-state index contributed by atoms with van der Waals surface area (Å²) in [6.45, 7) is 2.89. The number of nitrogens with zero attached hydrogens (tertiary/aromatic N) is 3. The third-order valence-corrected chi connectivity index (χ3v) is 4.01. The number of aromatic amines is 1. The van der Waals surface area contributed by atoms with E-state index in [4.69, 9.17) is 0 Å². The van der Waals surface area contributed by atoms with Crippen molar-refractivity contribution < 1.29 is 4.79 Å². The zero-order chi connectivity index (χ0) is 15.1. The molecule has 0 bridgehead atoms. The quantitative estimate of drug-likeness (QED) is 0.673. The number of carbonyl (C=O) groups excluding carboxylic acids is 1. The lowest BCUT2D eigenvalue weighted by Crippen LogP contribution is -2.46. The fourth-order valence-corrected chi connectivity index (χ4v) is 2.87. The lowest BCUT2D eigenvalue weighted by molar-refractivity contribution is 0.0737. The highest BCUT2D eigenvalue weighted by Gasteiger charge is 2.22. The first-order chi connectivity index (χ1) is 10.8. The summed E-state index contributed by atoms with van der Waals surface area (Å²) in [7, 11) is 0. The van der Waals surface area contributed by atoms with Gasteiger partial charge in [-0.25, -0.2) is 4.52 Å². The van der Waals surface area contributed by atoms with Gasteiger partial charge in [-0.1, -0.05) is 12.1 Å². The molecule has 3 aromatic rings. The normalized spacial score (nSPS) is 15.5. The number of hydrogen-bond donors (Lipinski definition) is 2. The average molecular weight is 297 g/mol. The molecule has 0 unspecified atom stereocenters. The molecule has 7 nitrogen and oxygen atoms in total. The maximum Gasteiger partial charge on any atom is 0.259 e. The van der Waals surface area contributed by atoms with Gasteiger partial charge in [-0.3, -0.25) is 9.59 Å². The Morgan fingerprint density at radius 3 is 2.77 bits per heavy atom. The molecule has 7 heteroatoms. The van der Waals surface area contributed by atoms with Gasteiger partial charge in [0.05, 0.1) is 17.1 Å². The van der Waals surface area contributed by atoms with E-state index < -0.39 is 0 Å². The van der Waals surface area contributed by atoms with Crippen LogP contribution in [-0.2, 0) is 0 Å². The van der Waals surface area contributed by atoms with Gasteiger partial charge in [-0.15, -0.1) is 0 Å². The lowest BCUT2D eigenvalue weighted by atomic mass is 10.2. The number of benzene rings is 1. The molecule has 2 N–H and O–H groups in total. The molecular weight excluding hydrogens is 282 g/mol. The van der Waals surface area contributed by atoms with Crippen LogP contribution in [0.15, 0.2) is 35.3 Å². The molecule has 2 aromatic heterocycles. The second kappa shape index (κ2) is 4.96. The van der Waals surface area contributed by atoms with Gasteiger partial charge in [0.25, 0.3) is 11.5 Å². The molecule has 1 aliphatic heterocycles. The van der Waals surface area contributed by atoms with Gasteiger partial charge in [0, 0.05) is 26.2 Å². The summed E-state index contributed by atoms with van der Waals surface area (Å²) in [6, 6.07) is 7.22. The van der Waals surface area contributed by atoms with Crippen molar-refractivity contribution in [3.63, 3.8) is 0 Å². The number of nitrogens with one attached hydrogen (secondary N) is 2. The number of fused-ring (bicyclic) bond motifs is 3. The highest BCUT2D eigenvalue weighted by Crippen LogP contribution is 2.15. The number of H-pyrrole nitrogens is 1. The van der Waals surface area contributed by atoms with E-state index in [1.807, 2.05) is 12.1 Å². The van der Waals surface area contributed by atoms with Gasteiger partial charge < -0.3 is 15.2 Å². The molecule has 1 fully saturated rings. The third-order valence-electron chi connectivity index (χ3n) is 4.01. The summed E-state index contributed by atoms with van der Waals surface area (Å²) in [6.07, 6.45) is 1.53. The van der Waals surface area contributed by atoms with E-state index >= 15 is 0 Å². The second-order valence-electron chi connectivity index (χ2n) is 5.33. The molecule has 4 rings (SSSR count). The van der Waals surface area contributed by atoms with Crippen LogP contribution in [0.2, 0.25) is 0 Å². The van der Waals surface area contributed by atoms with E-state index in [9.17, 15) is 9.59 Å². The zero-order valence-corrected chi connectivity index (χ0v) is 11.9. The molecule has 1 aliphatic rings. The number of aromatic nitrogens is 3. The molecule has 22 heavy (non-hydrogen) atoms. The van der Waals surface area contributed by atoms with E-state index in [1.54, 1.807) is 21.5 Å². The van der Waals surface area contributed by atoms with E-state index in [2.05, 4.69) is 15.4 Å². The summed E-state index contributed by atoms with van der Waals surface area (Å²) in [5.41, 5.74) is 1.37. The Bertz CT molecular complexity index is 920.